The van der Waals surface area contributed by atoms with E-state index in [0.717, 1.165) is 6.42 Å². The summed E-state index contributed by atoms with van der Waals surface area (Å²) in [5, 5.41) is 8.06. The molecule has 1 heterocycles. The largest absolute Gasteiger partial charge is 0.481 e. The molecule has 2 rings (SSSR count). The Morgan fingerprint density at radius 3 is 3.11 bits per heavy atom. The van der Waals surface area contributed by atoms with Crippen molar-refractivity contribution < 1.29 is 14.3 Å². The molecule has 1 aromatic rings. The Balaban J connectivity index is 2.13. The number of amides is 3. The number of rotatable bonds is 3. The highest BCUT2D eigenvalue weighted by molar-refractivity contribution is 6.02. The van der Waals surface area contributed by atoms with Crippen LogP contribution in [0.1, 0.15) is 13.3 Å². The van der Waals surface area contributed by atoms with Crippen molar-refractivity contribution in [3.05, 3.63) is 18.2 Å². The summed E-state index contributed by atoms with van der Waals surface area (Å²) in [6, 6.07) is 4.90. The van der Waals surface area contributed by atoms with Crippen LogP contribution in [0.4, 0.5) is 16.2 Å². The number of hydrogen-bond donors (Lipinski definition) is 3. The Morgan fingerprint density at radius 2 is 2.33 bits per heavy atom. The van der Waals surface area contributed by atoms with Gasteiger partial charge in [0.25, 0.3) is 5.91 Å². The zero-order valence-corrected chi connectivity index (χ0v) is 10.1. The molecule has 6 nitrogen and oxygen atoms in total. The minimum Gasteiger partial charge on any atom is -0.481 e. The number of carbonyl (C=O) groups excluding carboxylic acids is 2. The molecule has 0 spiro atoms. The average Bonchev–Trinajstić information content (AvgIpc) is 2.37. The zero-order valence-electron chi connectivity index (χ0n) is 10.1. The lowest BCUT2D eigenvalue weighted by atomic mass is 10.2. The Morgan fingerprint density at radius 1 is 1.50 bits per heavy atom. The third-order valence-electron chi connectivity index (χ3n) is 2.43. The smallest absolute Gasteiger partial charge is 0.319 e. The maximum atomic E-state index is 11.6. The third-order valence-corrected chi connectivity index (χ3v) is 2.43. The van der Waals surface area contributed by atoms with Crippen LogP contribution in [0.5, 0.6) is 5.75 Å². The number of urea groups is 1. The number of benzene rings is 1. The first-order valence-corrected chi connectivity index (χ1v) is 5.81. The van der Waals surface area contributed by atoms with Gasteiger partial charge in [0.1, 0.15) is 11.4 Å². The average molecular weight is 249 g/mol. The second-order valence-corrected chi connectivity index (χ2v) is 3.90. The molecule has 0 atom stereocenters. The molecule has 0 fully saturated rings. The van der Waals surface area contributed by atoms with E-state index >= 15 is 0 Å². The van der Waals surface area contributed by atoms with E-state index in [1.54, 1.807) is 18.2 Å². The van der Waals surface area contributed by atoms with Gasteiger partial charge in [-0.25, -0.2) is 4.79 Å². The van der Waals surface area contributed by atoms with Crippen LogP contribution in [0.3, 0.4) is 0 Å². The molecule has 0 radical (unpaired) electrons. The Bertz CT molecular complexity index is 474. The molecule has 18 heavy (non-hydrogen) atoms. The summed E-state index contributed by atoms with van der Waals surface area (Å²) >= 11 is 0. The molecule has 1 aliphatic heterocycles. The van der Waals surface area contributed by atoms with Crippen LogP contribution in [-0.2, 0) is 4.79 Å². The predicted octanol–water partition coefficient (Wildman–Crippen LogP) is 1.55. The van der Waals surface area contributed by atoms with Gasteiger partial charge in [0.15, 0.2) is 6.61 Å². The number of nitrogens with one attached hydrogen (secondary N) is 3. The second-order valence-electron chi connectivity index (χ2n) is 3.90. The quantitative estimate of drug-likeness (QED) is 0.760. The fourth-order valence-electron chi connectivity index (χ4n) is 1.61. The molecule has 0 saturated heterocycles. The van der Waals surface area contributed by atoms with E-state index in [1.165, 1.54) is 0 Å². The fourth-order valence-corrected chi connectivity index (χ4v) is 1.61. The molecular weight excluding hydrogens is 234 g/mol. The first-order valence-electron chi connectivity index (χ1n) is 5.81. The molecule has 96 valence electrons. The topological polar surface area (TPSA) is 79.5 Å². The highest BCUT2D eigenvalue weighted by Crippen LogP contribution is 2.34. The minimum absolute atomic E-state index is 0.00150. The minimum atomic E-state index is -0.301. The highest BCUT2D eigenvalue weighted by Gasteiger charge is 2.19. The van der Waals surface area contributed by atoms with Crippen molar-refractivity contribution in [1.29, 1.82) is 0 Å². The van der Waals surface area contributed by atoms with E-state index < -0.39 is 0 Å². The van der Waals surface area contributed by atoms with Crippen molar-refractivity contribution >= 4 is 23.3 Å². The van der Waals surface area contributed by atoms with Gasteiger partial charge in [-0.2, -0.15) is 0 Å². The molecule has 3 amide bonds. The maximum Gasteiger partial charge on any atom is 0.319 e. The van der Waals surface area contributed by atoms with E-state index in [-0.39, 0.29) is 18.5 Å². The molecule has 6 heteroatoms. The van der Waals surface area contributed by atoms with Crippen molar-refractivity contribution in [2.24, 2.45) is 0 Å². The summed E-state index contributed by atoms with van der Waals surface area (Å²) in [4.78, 5) is 22.8. The fraction of sp³-hybridized carbons (Fsp3) is 0.333. The summed E-state index contributed by atoms with van der Waals surface area (Å²) in [6.45, 7) is 2.57. The van der Waals surface area contributed by atoms with Gasteiger partial charge < -0.3 is 20.7 Å². The lowest BCUT2D eigenvalue weighted by Gasteiger charge is -2.20. The zero-order chi connectivity index (χ0) is 13.0. The molecule has 1 aliphatic rings. The Kier molecular flexibility index (Phi) is 3.66. The van der Waals surface area contributed by atoms with Crippen molar-refractivity contribution in [1.82, 2.24) is 5.32 Å². The summed E-state index contributed by atoms with van der Waals surface area (Å²) in [6.07, 6.45) is 0.861. The molecule has 0 bridgehead atoms. The molecule has 1 aromatic carbocycles. The van der Waals surface area contributed by atoms with Gasteiger partial charge in [0.05, 0.1) is 5.69 Å². The summed E-state index contributed by atoms with van der Waals surface area (Å²) in [5.41, 5.74) is 1.02. The van der Waals surface area contributed by atoms with Crippen molar-refractivity contribution in [3.8, 4) is 5.75 Å². The van der Waals surface area contributed by atoms with Crippen LogP contribution >= 0.6 is 0 Å². The van der Waals surface area contributed by atoms with Gasteiger partial charge in [0.2, 0.25) is 0 Å². The normalized spacial score (nSPS) is 13.1. The van der Waals surface area contributed by atoms with Crippen LogP contribution in [0, 0.1) is 0 Å². The van der Waals surface area contributed by atoms with Crippen molar-refractivity contribution in [2.75, 3.05) is 23.8 Å². The van der Waals surface area contributed by atoms with Crippen LogP contribution in [0.25, 0.3) is 0 Å². The van der Waals surface area contributed by atoms with Gasteiger partial charge in [-0.15, -0.1) is 0 Å². The van der Waals surface area contributed by atoms with E-state index in [4.69, 9.17) is 4.74 Å². The number of anilines is 2. The third kappa shape index (κ3) is 2.71. The Hall–Kier alpha value is -2.24. The lowest BCUT2D eigenvalue weighted by molar-refractivity contribution is -0.118. The summed E-state index contributed by atoms with van der Waals surface area (Å²) in [7, 11) is 0. The van der Waals surface area contributed by atoms with E-state index in [2.05, 4.69) is 16.0 Å². The predicted molar refractivity (Wildman–Crippen MR) is 67.9 cm³/mol. The molecular formula is C12H15N3O3. The number of carbonyl (C=O) groups is 2. The summed E-state index contributed by atoms with van der Waals surface area (Å²) < 4.78 is 5.26. The number of fused-ring (bicyclic) bond motifs is 1. The second kappa shape index (κ2) is 5.39. The summed E-state index contributed by atoms with van der Waals surface area (Å²) in [5.74, 6) is 0.327. The van der Waals surface area contributed by atoms with Gasteiger partial charge in [-0.3, -0.25) is 4.79 Å². The van der Waals surface area contributed by atoms with E-state index in [1.807, 2.05) is 6.92 Å². The first-order chi connectivity index (χ1) is 8.70. The van der Waals surface area contributed by atoms with Crippen LogP contribution in [-0.4, -0.2) is 25.1 Å². The molecule has 0 unspecified atom stereocenters. The molecule has 0 aromatic heterocycles. The lowest BCUT2D eigenvalue weighted by Crippen LogP contribution is -2.31. The SMILES string of the molecule is CCCNC(=O)Nc1cccc2c1NC(=O)CO2. The van der Waals surface area contributed by atoms with Gasteiger partial charge in [0, 0.05) is 6.54 Å². The van der Waals surface area contributed by atoms with Crippen LogP contribution in [0.15, 0.2) is 18.2 Å². The van der Waals surface area contributed by atoms with E-state index in [9.17, 15) is 9.59 Å². The van der Waals surface area contributed by atoms with Crippen LogP contribution in [0.2, 0.25) is 0 Å². The van der Waals surface area contributed by atoms with Crippen molar-refractivity contribution in [2.45, 2.75) is 13.3 Å². The van der Waals surface area contributed by atoms with E-state index in [0.29, 0.717) is 23.7 Å². The Labute approximate surface area is 105 Å². The van der Waals surface area contributed by atoms with Gasteiger partial charge in [-0.1, -0.05) is 13.0 Å². The molecule has 0 aliphatic carbocycles. The van der Waals surface area contributed by atoms with Crippen molar-refractivity contribution in [3.63, 3.8) is 0 Å². The number of ether oxygens (including phenoxy) is 1. The monoisotopic (exact) mass is 249 g/mol. The maximum absolute atomic E-state index is 11.6. The standard InChI is InChI=1S/C12H15N3O3/c1-2-6-13-12(17)14-8-4-3-5-9-11(8)15-10(16)7-18-9/h3-5H,2,6-7H2,1H3,(H,15,16)(H2,13,14,17). The van der Waals surface area contributed by atoms with Gasteiger partial charge >= 0.3 is 6.03 Å². The first kappa shape index (κ1) is 12.2. The highest BCUT2D eigenvalue weighted by atomic mass is 16.5. The molecule has 0 saturated carbocycles. The van der Waals surface area contributed by atoms with Crippen LogP contribution < -0.4 is 20.7 Å². The number of para-hydroxylation sites is 1. The number of hydrogen-bond acceptors (Lipinski definition) is 3. The molecule has 3 N–H and O–H groups in total. The van der Waals surface area contributed by atoms with Gasteiger partial charge in [-0.05, 0) is 18.6 Å².